The Morgan fingerprint density at radius 2 is 1.16 bits per heavy atom. The second kappa shape index (κ2) is 17.9. The zero-order valence-corrected chi connectivity index (χ0v) is 34.1. The summed E-state index contributed by atoms with van der Waals surface area (Å²) in [6.45, 7) is 17.2. The van der Waals surface area contributed by atoms with Crippen LogP contribution in [-0.4, -0.2) is 103 Å². The minimum Gasteiger partial charge on any atom is -0.486 e. The lowest BCUT2D eigenvalue weighted by Crippen LogP contribution is -2.45. The van der Waals surface area contributed by atoms with Crippen LogP contribution in [0.4, 0.5) is 5.69 Å². The number of aliphatic hydroxyl groups excluding tert-OH is 2. The topological polar surface area (TPSA) is 120 Å². The third kappa shape index (κ3) is 10.9. The number of rotatable bonds is 6. The first-order valence-corrected chi connectivity index (χ1v) is 21.8. The Balaban J connectivity index is 0.000000151. The van der Waals surface area contributed by atoms with Gasteiger partial charge in [-0.2, -0.15) is 0 Å². The van der Waals surface area contributed by atoms with Gasteiger partial charge in [0.15, 0.2) is 61.1 Å². The quantitative estimate of drug-likeness (QED) is 0.239. The van der Waals surface area contributed by atoms with Gasteiger partial charge in [0.05, 0.1) is 19.8 Å². The second-order valence-electron chi connectivity index (χ2n) is 14.1. The number of piperazine rings is 1. The highest BCUT2D eigenvalue weighted by molar-refractivity contribution is 9.10. The third-order valence-electron chi connectivity index (χ3n) is 9.22. The molecule has 0 spiro atoms. The molecular weight excluding hydrogens is 804 g/mol. The van der Waals surface area contributed by atoms with Crippen LogP contribution in [0.3, 0.4) is 0 Å². The number of nitrogens with one attached hydrogen (secondary N) is 1. The smallest absolute Gasteiger partial charge is 0.192 e. The van der Waals surface area contributed by atoms with Crippen LogP contribution in [0, 0.1) is 0 Å². The molecule has 4 heterocycles. The predicted molar refractivity (Wildman–Crippen MR) is 207 cm³/mol. The van der Waals surface area contributed by atoms with Crippen molar-refractivity contribution in [3.8, 4) is 34.5 Å². The highest BCUT2D eigenvalue weighted by Crippen LogP contribution is 2.39. The number of hydrogen-bond acceptors (Lipinski definition) is 11. The molecule has 51 heavy (non-hydrogen) atoms. The van der Waals surface area contributed by atoms with E-state index in [1.807, 2.05) is 48.5 Å². The van der Waals surface area contributed by atoms with E-state index in [1.165, 1.54) is 0 Å². The lowest BCUT2D eigenvalue weighted by molar-refractivity contribution is 0.0456. The van der Waals surface area contributed by atoms with Crippen LogP contribution < -0.4 is 38.6 Å². The first-order valence-electron chi connectivity index (χ1n) is 17.3. The molecule has 0 aliphatic carbocycles. The van der Waals surface area contributed by atoms with Crippen LogP contribution in [-0.2, 0) is 4.43 Å². The number of nitrogens with zero attached hydrogens (tertiary/aromatic N) is 1. The first kappa shape index (κ1) is 39.5. The molecule has 0 saturated carbocycles. The van der Waals surface area contributed by atoms with Gasteiger partial charge in [0.2, 0.25) is 0 Å². The maximum absolute atomic E-state index is 9.11. The average molecular weight is 855 g/mol. The molecule has 4 aliphatic rings. The number of aliphatic hydroxyl groups is 2. The van der Waals surface area contributed by atoms with E-state index in [9.17, 15) is 0 Å². The molecule has 280 valence electrons. The Morgan fingerprint density at radius 1 is 0.706 bits per heavy atom. The van der Waals surface area contributed by atoms with Crippen molar-refractivity contribution in [3.63, 3.8) is 0 Å². The summed E-state index contributed by atoms with van der Waals surface area (Å²) in [5.74, 6) is 4.49. The van der Waals surface area contributed by atoms with Crippen LogP contribution in [0.1, 0.15) is 20.8 Å². The number of hydrogen-bond donors (Lipinski definition) is 3. The van der Waals surface area contributed by atoms with Crippen molar-refractivity contribution in [1.29, 1.82) is 0 Å². The number of anilines is 1. The Labute approximate surface area is 318 Å². The maximum atomic E-state index is 9.11. The molecular formula is C37H50Br2N2O9Si. The molecule has 3 atom stereocenters. The first-order chi connectivity index (χ1) is 24.3. The molecule has 1 saturated heterocycles. The van der Waals surface area contributed by atoms with E-state index in [-0.39, 0.29) is 36.6 Å². The molecule has 0 amide bonds. The van der Waals surface area contributed by atoms with E-state index < -0.39 is 8.32 Å². The van der Waals surface area contributed by atoms with Gasteiger partial charge in [-0.1, -0.05) is 52.6 Å². The monoisotopic (exact) mass is 852 g/mol. The van der Waals surface area contributed by atoms with Crippen molar-refractivity contribution in [1.82, 2.24) is 5.32 Å². The largest absolute Gasteiger partial charge is 0.486 e. The molecule has 3 unspecified atom stereocenters. The summed E-state index contributed by atoms with van der Waals surface area (Å²) >= 11 is 6.78. The lowest BCUT2D eigenvalue weighted by Gasteiger charge is -2.37. The van der Waals surface area contributed by atoms with Crippen molar-refractivity contribution in [2.24, 2.45) is 0 Å². The van der Waals surface area contributed by atoms with Gasteiger partial charge in [-0.15, -0.1) is 0 Å². The van der Waals surface area contributed by atoms with Gasteiger partial charge >= 0.3 is 0 Å². The van der Waals surface area contributed by atoms with Crippen molar-refractivity contribution in [2.75, 3.05) is 70.7 Å². The highest BCUT2D eigenvalue weighted by Gasteiger charge is 2.38. The normalized spacial score (nSPS) is 20.6. The van der Waals surface area contributed by atoms with Crippen LogP contribution in [0.15, 0.2) is 63.5 Å². The molecule has 7 rings (SSSR count). The van der Waals surface area contributed by atoms with E-state index in [2.05, 4.69) is 82.0 Å². The van der Waals surface area contributed by atoms with Crippen LogP contribution in [0.5, 0.6) is 34.5 Å². The van der Waals surface area contributed by atoms with Crippen molar-refractivity contribution >= 4 is 45.9 Å². The third-order valence-corrected chi connectivity index (χ3v) is 14.7. The Bertz CT molecular complexity index is 1590. The summed E-state index contributed by atoms with van der Waals surface area (Å²) in [7, 11) is -1.74. The fourth-order valence-electron chi connectivity index (χ4n) is 5.18. The molecule has 11 nitrogen and oxygen atoms in total. The van der Waals surface area contributed by atoms with E-state index in [0.717, 1.165) is 69.6 Å². The number of fused-ring (bicyclic) bond motifs is 3. The Hall–Kier alpha value is -2.72. The number of ether oxygens (including phenoxy) is 6. The standard InChI is InChI=1S/C15H23BrO3Si.C13H18N2O3.C9H9BrO3/c1-15(2,3)20(4,5)18-10-12-9-17-13-7-6-11(16)8-14(13)19-12;16-8-11-9-17-12-2-1-10(7-13(12)18-11)15-5-3-14-4-6-15;10-6-1-2-8-9(3-6)13-7(4-11)5-12-8/h6-8,12H,9-10H2,1-5H3;1-2,7,11,14,16H,3-6,8-9H2;1-3,7,11H,4-5H2. The number of halogens is 2. The fourth-order valence-corrected chi connectivity index (χ4v) is 6.90. The van der Waals surface area contributed by atoms with Crippen molar-refractivity contribution < 1.29 is 43.1 Å². The van der Waals surface area contributed by atoms with Crippen LogP contribution in [0.2, 0.25) is 18.1 Å². The molecule has 14 heteroatoms. The molecule has 4 aliphatic heterocycles. The van der Waals surface area contributed by atoms with Crippen LogP contribution in [0.25, 0.3) is 0 Å². The average Bonchev–Trinajstić information content (AvgIpc) is 3.13. The number of benzene rings is 3. The second-order valence-corrected chi connectivity index (χ2v) is 20.8. The van der Waals surface area contributed by atoms with Crippen molar-refractivity contribution in [3.05, 3.63) is 63.5 Å². The van der Waals surface area contributed by atoms with E-state index in [1.54, 1.807) is 0 Å². The SMILES string of the molecule is CC(C)(C)[Si](C)(C)OCC1COc2ccc(Br)cc2O1.OCC1COc2ccc(Br)cc2O1.OCC1COc2ccc(N3CCNCC3)cc2O1. The molecule has 0 bridgehead atoms. The summed E-state index contributed by atoms with van der Waals surface area (Å²) in [6, 6.07) is 17.4. The summed E-state index contributed by atoms with van der Waals surface area (Å²) in [6.07, 6.45) is -0.538. The minimum absolute atomic E-state index is 0.0166. The molecule has 1 fully saturated rings. The summed E-state index contributed by atoms with van der Waals surface area (Å²) < 4.78 is 41.9. The van der Waals surface area contributed by atoms with E-state index >= 15 is 0 Å². The van der Waals surface area contributed by atoms with Gasteiger partial charge < -0.3 is 53.3 Å². The highest BCUT2D eigenvalue weighted by atomic mass is 79.9. The molecule has 0 radical (unpaired) electrons. The summed E-state index contributed by atoms with van der Waals surface area (Å²) in [4.78, 5) is 2.32. The zero-order valence-electron chi connectivity index (χ0n) is 30.0. The maximum Gasteiger partial charge on any atom is 0.192 e. The van der Waals surface area contributed by atoms with Gasteiger partial charge in [-0.05, 0) is 66.7 Å². The van der Waals surface area contributed by atoms with Gasteiger partial charge in [0, 0.05) is 46.9 Å². The van der Waals surface area contributed by atoms with Crippen molar-refractivity contribution in [2.45, 2.75) is 57.2 Å². The fraction of sp³-hybridized carbons (Fsp3) is 0.514. The Kier molecular flexibility index (Phi) is 13.8. The lowest BCUT2D eigenvalue weighted by atomic mass is 10.2. The molecule has 3 N–H and O–H groups in total. The van der Waals surface area contributed by atoms with Gasteiger partial charge in [0.1, 0.15) is 19.8 Å². The van der Waals surface area contributed by atoms with E-state index in [4.69, 9.17) is 43.1 Å². The predicted octanol–water partition coefficient (Wildman–Crippen LogP) is 6.42. The molecule has 3 aromatic rings. The van der Waals surface area contributed by atoms with Gasteiger partial charge in [0.25, 0.3) is 0 Å². The Morgan fingerprint density at radius 3 is 1.65 bits per heavy atom. The summed E-state index contributed by atoms with van der Waals surface area (Å²) in [5.41, 5.74) is 1.15. The zero-order chi connectivity index (χ0) is 36.6. The van der Waals surface area contributed by atoms with Crippen LogP contribution >= 0.6 is 31.9 Å². The summed E-state index contributed by atoms with van der Waals surface area (Å²) in [5, 5.41) is 21.5. The molecule has 3 aromatic carbocycles. The molecule has 0 aromatic heterocycles. The van der Waals surface area contributed by atoms with Gasteiger partial charge in [-0.3, -0.25) is 0 Å². The minimum atomic E-state index is -1.74. The van der Waals surface area contributed by atoms with E-state index in [0.29, 0.717) is 32.2 Å². The van der Waals surface area contributed by atoms with Gasteiger partial charge in [-0.25, -0.2) is 0 Å².